The minimum atomic E-state index is 0.744. The molecule has 0 fully saturated rings. The molecule has 0 aliphatic rings. The van der Waals surface area contributed by atoms with Crippen LogP contribution in [0.5, 0.6) is 0 Å². The summed E-state index contributed by atoms with van der Waals surface area (Å²) in [6.45, 7) is 1.92. The molecule has 0 atom stereocenters. The van der Waals surface area contributed by atoms with Crippen molar-refractivity contribution in [1.29, 1.82) is 0 Å². The van der Waals surface area contributed by atoms with Crippen molar-refractivity contribution in [1.82, 2.24) is 10.2 Å². The van der Waals surface area contributed by atoms with Crippen molar-refractivity contribution >= 4 is 40.7 Å². The summed E-state index contributed by atoms with van der Waals surface area (Å²) in [6.07, 6.45) is 0.861. The van der Waals surface area contributed by atoms with Gasteiger partial charge in [0.1, 0.15) is 5.01 Å². The third-order valence-corrected chi connectivity index (χ3v) is 4.45. The first kappa shape index (κ1) is 9.82. The van der Waals surface area contributed by atoms with Crippen molar-refractivity contribution in [3.05, 3.63) is 22.0 Å². The summed E-state index contributed by atoms with van der Waals surface area (Å²) < 4.78 is 1.99. The van der Waals surface area contributed by atoms with Gasteiger partial charge in [-0.3, -0.25) is 4.79 Å². The number of hydrogen-bond acceptors (Lipinski definition) is 6. The Morgan fingerprint density at radius 2 is 2.21 bits per heavy atom. The number of aromatic nitrogens is 2. The van der Waals surface area contributed by atoms with Crippen molar-refractivity contribution in [2.75, 3.05) is 0 Å². The first-order valence-electron chi connectivity index (χ1n) is 3.81. The number of carbonyl (C=O) groups excluding carboxylic acids is 1. The molecule has 0 saturated heterocycles. The van der Waals surface area contributed by atoms with Crippen LogP contribution in [0.1, 0.15) is 14.7 Å². The average Bonchev–Trinajstić information content (AvgIpc) is 2.76. The summed E-state index contributed by atoms with van der Waals surface area (Å²) in [6, 6.07) is 3.74. The maximum atomic E-state index is 10.5. The highest BCUT2D eigenvalue weighted by Crippen LogP contribution is 2.34. The maximum Gasteiger partial charge on any atom is 0.179 e. The minimum Gasteiger partial charge on any atom is -0.297 e. The molecule has 0 spiro atoms. The predicted molar refractivity (Wildman–Crippen MR) is 58.5 cm³/mol. The first-order chi connectivity index (χ1) is 6.78. The second kappa shape index (κ2) is 4.20. The fourth-order valence-corrected chi connectivity index (χ4v) is 3.86. The third-order valence-electron chi connectivity index (χ3n) is 1.41. The van der Waals surface area contributed by atoms with Crippen LogP contribution in [0, 0.1) is 6.92 Å². The van der Waals surface area contributed by atoms with Gasteiger partial charge in [0.25, 0.3) is 0 Å². The highest BCUT2D eigenvalue weighted by molar-refractivity contribution is 8.02. The molecule has 0 radical (unpaired) electrons. The van der Waals surface area contributed by atoms with Crippen molar-refractivity contribution in [3.8, 4) is 0 Å². The fraction of sp³-hybridized carbons (Fsp3) is 0.125. The molecule has 72 valence electrons. The van der Waals surface area contributed by atoms with Crippen LogP contribution in [0.15, 0.2) is 20.7 Å². The lowest BCUT2D eigenvalue weighted by Crippen LogP contribution is -1.69. The lowest BCUT2D eigenvalue weighted by atomic mass is 10.5. The van der Waals surface area contributed by atoms with E-state index >= 15 is 0 Å². The third kappa shape index (κ3) is 2.20. The van der Waals surface area contributed by atoms with Gasteiger partial charge in [0.05, 0.1) is 9.09 Å². The van der Waals surface area contributed by atoms with Crippen LogP contribution in [0.3, 0.4) is 0 Å². The van der Waals surface area contributed by atoms with Gasteiger partial charge in [0, 0.05) is 0 Å². The van der Waals surface area contributed by atoms with Gasteiger partial charge in [-0.1, -0.05) is 11.3 Å². The van der Waals surface area contributed by atoms with Gasteiger partial charge in [0.15, 0.2) is 10.6 Å². The Hall–Kier alpha value is -0.720. The molecule has 2 aromatic heterocycles. The second-order valence-electron chi connectivity index (χ2n) is 2.46. The summed E-state index contributed by atoms with van der Waals surface area (Å²) in [5, 5.41) is 8.88. The summed E-state index contributed by atoms with van der Waals surface area (Å²) in [5.41, 5.74) is 0. The van der Waals surface area contributed by atoms with E-state index in [0.717, 1.165) is 24.7 Å². The molecule has 0 amide bonds. The minimum absolute atomic E-state index is 0.744. The number of aldehydes is 1. The van der Waals surface area contributed by atoms with Crippen LogP contribution in [0.2, 0.25) is 0 Å². The normalized spacial score (nSPS) is 10.4. The van der Waals surface area contributed by atoms with E-state index in [1.54, 1.807) is 23.1 Å². The molecule has 0 unspecified atom stereocenters. The second-order valence-corrected chi connectivity index (χ2v) is 6.31. The van der Waals surface area contributed by atoms with E-state index in [1.165, 1.54) is 11.3 Å². The Balaban J connectivity index is 2.14. The van der Waals surface area contributed by atoms with Crippen LogP contribution in [-0.2, 0) is 0 Å². The molecular formula is C8H6N2OS3. The molecule has 3 nitrogen and oxygen atoms in total. The van der Waals surface area contributed by atoms with Crippen molar-refractivity contribution in [2.45, 2.75) is 15.5 Å². The van der Waals surface area contributed by atoms with E-state index in [-0.39, 0.29) is 0 Å². The molecule has 0 aromatic carbocycles. The van der Waals surface area contributed by atoms with E-state index in [2.05, 4.69) is 10.2 Å². The van der Waals surface area contributed by atoms with Crippen LogP contribution < -0.4 is 0 Å². The van der Waals surface area contributed by atoms with Crippen LogP contribution >= 0.6 is 34.4 Å². The van der Waals surface area contributed by atoms with Gasteiger partial charge in [-0.25, -0.2) is 0 Å². The van der Waals surface area contributed by atoms with E-state index in [0.29, 0.717) is 0 Å². The quantitative estimate of drug-likeness (QED) is 0.776. The van der Waals surface area contributed by atoms with E-state index in [9.17, 15) is 4.79 Å². The van der Waals surface area contributed by atoms with Gasteiger partial charge in [-0.2, -0.15) is 0 Å². The van der Waals surface area contributed by atoms with Crippen molar-refractivity contribution < 1.29 is 4.79 Å². The monoisotopic (exact) mass is 242 g/mol. The summed E-state index contributed by atoms with van der Waals surface area (Å²) in [4.78, 5) is 11.2. The van der Waals surface area contributed by atoms with Crippen LogP contribution in [0.4, 0.5) is 0 Å². The Kier molecular flexibility index (Phi) is 2.95. The molecule has 0 N–H and O–H groups in total. The molecule has 0 aliphatic heterocycles. The fourth-order valence-electron chi connectivity index (χ4n) is 0.858. The van der Waals surface area contributed by atoms with Gasteiger partial charge >= 0.3 is 0 Å². The molecule has 2 heterocycles. The van der Waals surface area contributed by atoms with Crippen LogP contribution in [-0.4, -0.2) is 16.5 Å². The highest BCUT2D eigenvalue weighted by Gasteiger charge is 2.05. The summed E-state index contributed by atoms with van der Waals surface area (Å²) >= 11 is 4.58. The lowest BCUT2D eigenvalue weighted by molar-refractivity contribution is 0.112. The smallest absolute Gasteiger partial charge is 0.179 e. The van der Waals surface area contributed by atoms with E-state index in [4.69, 9.17) is 0 Å². The first-order valence-corrected chi connectivity index (χ1v) is 6.26. The SMILES string of the molecule is Cc1nnc(Sc2ccc(C=O)s2)s1. The van der Waals surface area contributed by atoms with E-state index in [1.807, 2.05) is 19.1 Å². The number of aryl methyl sites for hydroxylation is 1. The summed E-state index contributed by atoms with van der Waals surface area (Å²) in [5.74, 6) is 0. The average molecular weight is 242 g/mol. The number of thiophene rings is 1. The van der Waals surface area contributed by atoms with Gasteiger partial charge in [-0.15, -0.1) is 21.5 Å². The van der Waals surface area contributed by atoms with Gasteiger partial charge in [-0.05, 0) is 30.8 Å². The molecular weight excluding hydrogens is 236 g/mol. The molecule has 6 heteroatoms. The zero-order chi connectivity index (χ0) is 9.97. The molecule has 14 heavy (non-hydrogen) atoms. The zero-order valence-electron chi connectivity index (χ0n) is 7.26. The van der Waals surface area contributed by atoms with Crippen LogP contribution in [0.25, 0.3) is 0 Å². The van der Waals surface area contributed by atoms with Gasteiger partial charge < -0.3 is 0 Å². The van der Waals surface area contributed by atoms with E-state index < -0.39 is 0 Å². The van der Waals surface area contributed by atoms with Crippen molar-refractivity contribution in [3.63, 3.8) is 0 Å². The van der Waals surface area contributed by atoms with Crippen molar-refractivity contribution in [2.24, 2.45) is 0 Å². The Morgan fingerprint density at radius 3 is 2.79 bits per heavy atom. The highest BCUT2D eigenvalue weighted by atomic mass is 32.2. The number of rotatable bonds is 3. The zero-order valence-corrected chi connectivity index (χ0v) is 9.71. The Morgan fingerprint density at radius 1 is 1.36 bits per heavy atom. The predicted octanol–water partition coefficient (Wildman–Crippen LogP) is 2.87. The topological polar surface area (TPSA) is 42.9 Å². The molecule has 0 aliphatic carbocycles. The summed E-state index contributed by atoms with van der Waals surface area (Å²) in [7, 11) is 0. The Bertz CT molecular complexity index is 449. The molecule has 2 aromatic rings. The number of carbonyl (C=O) groups is 1. The maximum absolute atomic E-state index is 10.5. The standard InChI is InChI=1S/C8H6N2OS3/c1-5-9-10-8(12-5)14-7-3-2-6(4-11)13-7/h2-4H,1H3. The lowest BCUT2D eigenvalue weighted by Gasteiger charge is -1.87. The molecule has 2 rings (SSSR count). The Labute approximate surface area is 93.2 Å². The number of hydrogen-bond donors (Lipinski definition) is 0. The molecule has 0 saturated carbocycles. The molecule has 0 bridgehead atoms. The number of nitrogens with zero attached hydrogens (tertiary/aromatic N) is 2. The van der Waals surface area contributed by atoms with Gasteiger partial charge in [0.2, 0.25) is 0 Å². The largest absolute Gasteiger partial charge is 0.297 e.